The second-order valence-electron chi connectivity index (χ2n) is 4.82. The highest BCUT2D eigenvalue weighted by atomic mass is 14.9. The van der Waals surface area contributed by atoms with Crippen molar-refractivity contribution in [3.05, 3.63) is 53.1 Å². The van der Waals surface area contributed by atoms with E-state index in [1.807, 2.05) is 12.1 Å². The fraction of sp³-hybridized carbons (Fsp3) is 0.294. The van der Waals surface area contributed by atoms with Crippen molar-refractivity contribution in [1.29, 1.82) is 0 Å². The molecule has 2 aromatic carbocycles. The van der Waals surface area contributed by atoms with Gasteiger partial charge < -0.3 is 11.1 Å². The highest BCUT2D eigenvalue weighted by molar-refractivity contribution is 5.78. The van der Waals surface area contributed by atoms with Crippen LogP contribution >= 0.6 is 0 Å². The summed E-state index contributed by atoms with van der Waals surface area (Å²) in [4.78, 5) is 0. The van der Waals surface area contributed by atoms with Crippen LogP contribution in [-0.2, 0) is 12.8 Å². The maximum atomic E-state index is 6.09. The van der Waals surface area contributed by atoms with E-state index in [0.29, 0.717) is 0 Å². The smallest absolute Gasteiger partial charge is 0.0647 e. The van der Waals surface area contributed by atoms with Gasteiger partial charge in [-0.1, -0.05) is 44.2 Å². The molecule has 0 heterocycles. The van der Waals surface area contributed by atoms with E-state index in [4.69, 9.17) is 5.73 Å². The summed E-state index contributed by atoms with van der Waals surface area (Å²) in [6, 6.07) is 12.5. The number of nitrogens with two attached hydrogens (primary N) is 1. The highest BCUT2D eigenvalue weighted by Gasteiger charge is 2.09. The van der Waals surface area contributed by atoms with Crippen LogP contribution in [0.5, 0.6) is 0 Å². The minimum Gasteiger partial charge on any atom is -0.397 e. The second-order valence-corrected chi connectivity index (χ2v) is 4.82. The molecule has 100 valence electrons. The van der Waals surface area contributed by atoms with Gasteiger partial charge in [-0.05, 0) is 42.5 Å². The Morgan fingerprint density at radius 2 is 1.47 bits per heavy atom. The number of para-hydroxylation sites is 2. The summed E-state index contributed by atoms with van der Waals surface area (Å²) in [6.45, 7) is 6.45. The third-order valence-electron chi connectivity index (χ3n) is 3.55. The van der Waals surface area contributed by atoms with E-state index >= 15 is 0 Å². The second kappa shape index (κ2) is 5.79. The van der Waals surface area contributed by atoms with E-state index in [1.165, 1.54) is 22.4 Å². The lowest BCUT2D eigenvalue weighted by atomic mass is 10.0. The SMILES string of the molecule is CCc1cccc(CC)c1Nc1c(C)cccc1N. The predicted octanol–water partition coefficient (Wildman–Crippen LogP) is 4.45. The molecule has 0 aliphatic heterocycles. The van der Waals surface area contributed by atoms with Gasteiger partial charge in [0.15, 0.2) is 0 Å². The summed E-state index contributed by atoms with van der Waals surface area (Å²) >= 11 is 0. The Morgan fingerprint density at radius 3 is 2.00 bits per heavy atom. The van der Waals surface area contributed by atoms with Crippen molar-refractivity contribution in [2.45, 2.75) is 33.6 Å². The largest absolute Gasteiger partial charge is 0.397 e. The van der Waals surface area contributed by atoms with Gasteiger partial charge >= 0.3 is 0 Å². The molecule has 0 aliphatic rings. The lowest BCUT2D eigenvalue weighted by Gasteiger charge is -2.18. The average Bonchev–Trinajstić information content (AvgIpc) is 2.42. The maximum Gasteiger partial charge on any atom is 0.0647 e. The third-order valence-corrected chi connectivity index (χ3v) is 3.55. The van der Waals surface area contributed by atoms with E-state index in [9.17, 15) is 0 Å². The summed E-state index contributed by atoms with van der Waals surface area (Å²) < 4.78 is 0. The van der Waals surface area contributed by atoms with E-state index in [2.05, 4.69) is 50.4 Å². The van der Waals surface area contributed by atoms with Crippen LogP contribution in [0.1, 0.15) is 30.5 Å². The predicted molar refractivity (Wildman–Crippen MR) is 84.1 cm³/mol. The number of nitrogen functional groups attached to an aromatic ring is 1. The lowest BCUT2D eigenvalue weighted by molar-refractivity contribution is 1.09. The van der Waals surface area contributed by atoms with E-state index in [0.717, 1.165) is 24.2 Å². The van der Waals surface area contributed by atoms with Gasteiger partial charge in [-0.2, -0.15) is 0 Å². The molecule has 0 saturated carbocycles. The van der Waals surface area contributed by atoms with Crippen LogP contribution < -0.4 is 11.1 Å². The molecule has 2 nitrogen and oxygen atoms in total. The minimum absolute atomic E-state index is 0.799. The number of nitrogens with one attached hydrogen (secondary N) is 1. The van der Waals surface area contributed by atoms with Crippen LogP contribution in [0, 0.1) is 6.92 Å². The molecule has 0 spiro atoms. The Labute approximate surface area is 115 Å². The summed E-state index contributed by atoms with van der Waals surface area (Å²) in [7, 11) is 0. The number of anilines is 3. The van der Waals surface area contributed by atoms with Crippen molar-refractivity contribution >= 4 is 17.1 Å². The Bertz CT molecular complexity index is 531. The van der Waals surface area contributed by atoms with E-state index in [1.54, 1.807) is 0 Å². The minimum atomic E-state index is 0.799. The molecule has 0 unspecified atom stereocenters. The molecule has 0 aliphatic carbocycles. The average molecular weight is 254 g/mol. The number of rotatable bonds is 4. The molecular weight excluding hydrogens is 232 g/mol. The Kier molecular flexibility index (Phi) is 4.10. The number of hydrogen-bond donors (Lipinski definition) is 2. The van der Waals surface area contributed by atoms with Crippen molar-refractivity contribution in [1.82, 2.24) is 0 Å². The molecule has 0 atom stereocenters. The maximum absolute atomic E-state index is 6.09. The van der Waals surface area contributed by atoms with Gasteiger partial charge in [0.1, 0.15) is 0 Å². The van der Waals surface area contributed by atoms with Crippen molar-refractivity contribution in [3.8, 4) is 0 Å². The number of benzene rings is 2. The standard InChI is InChI=1S/C17H22N2/c1-4-13-9-7-10-14(5-2)17(13)19-16-12(3)8-6-11-15(16)18/h6-11,19H,4-5,18H2,1-3H3. The highest BCUT2D eigenvalue weighted by Crippen LogP contribution is 2.31. The normalized spacial score (nSPS) is 10.5. The van der Waals surface area contributed by atoms with Gasteiger partial charge in [-0.3, -0.25) is 0 Å². The van der Waals surface area contributed by atoms with Crippen LogP contribution in [-0.4, -0.2) is 0 Å². The first-order valence-corrected chi connectivity index (χ1v) is 6.90. The molecule has 2 rings (SSSR count). The first-order chi connectivity index (χ1) is 9.17. The van der Waals surface area contributed by atoms with Gasteiger partial charge in [0.25, 0.3) is 0 Å². The zero-order valence-electron chi connectivity index (χ0n) is 12.0. The number of hydrogen-bond acceptors (Lipinski definition) is 2. The zero-order valence-corrected chi connectivity index (χ0v) is 12.0. The Balaban J connectivity index is 2.48. The lowest BCUT2D eigenvalue weighted by Crippen LogP contribution is -2.03. The van der Waals surface area contributed by atoms with Gasteiger partial charge in [0.2, 0.25) is 0 Å². The molecule has 0 fully saturated rings. The molecular formula is C17H22N2. The van der Waals surface area contributed by atoms with Gasteiger partial charge in [-0.15, -0.1) is 0 Å². The van der Waals surface area contributed by atoms with Crippen LogP contribution in [0.3, 0.4) is 0 Å². The molecule has 2 heteroatoms. The molecule has 0 radical (unpaired) electrons. The van der Waals surface area contributed by atoms with E-state index in [-0.39, 0.29) is 0 Å². The zero-order chi connectivity index (χ0) is 13.8. The van der Waals surface area contributed by atoms with Crippen molar-refractivity contribution in [3.63, 3.8) is 0 Å². The van der Waals surface area contributed by atoms with Crippen LogP contribution in [0.2, 0.25) is 0 Å². The Hall–Kier alpha value is -1.96. The van der Waals surface area contributed by atoms with Crippen molar-refractivity contribution in [2.75, 3.05) is 11.1 Å². The molecule has 3 N–H and O–H groups in total. The third kappa shape index (κ3) is 2.73. The first-order valence-electron chi connectivity index (χ1n) is 6.90. The van der Waals surface area contributed by atoms with Crippen molar-refractivity contribution in [2.24, 2.45) is 0 Å². The molecule has 19 heavy (non-hydrogen) atoms. The van der Waals surface area contributed by atoms with Gasteiger partial charge in [0.05, 0.1) is 11.4 Å². The summed E-state index contributed by atoms with van der Waals surface area (Å²) in [5, 5.41) is 3.55. The van der Waals surface area contributed by atoms with Crippen molar-refractivity contribution < 1.29 is 0 Å². The molecule has 0 amide bonds. The Morgan fingerprint density at radius 1 is 0.895 bits per heavy atom. The van der Waals surface area contributed by atoms with Gasteiger partial charge in [-0.25, -0.2) is 0 Å². The molecule has 0 bridgehead atoms. The van der Waals surface area contributed by atoms with Crippen LogP contribution in [0.25, 0.3) is 0 Å². The van der Waals surface area contributed by atoms with Crippen LogP contribution in [0.15, 0.2) is 36.4 Å². The van der Waals surface area contributed by atoms with E-state index < -0.39 is 0 Å². The summed E-state index contributed by atoms with van der Waals surface area (Å²) in [5.74, 6) is 0. The molecule has 0 saturated heterocycles. The monoisotopic (exact) mass is 254 g/mol. The fourth-order valence-electron chi connectivity index (χ4n) is 2.39. The summed E-state index contributed by atoms with van der Waals surface area (Å²) in [6.07, 6.45) is 2.03. The quantitative estimate of drug-likeness (QED) is 0.791. The van der Waals surface area contributed by atoms with Gasteiger partial charge in [0, 0.05) is 5.69 Å². The first kappa shape index (κ1) is 13.5. The fourth-order valence-corrected chi connectivity index (χ4v) is 2.39. The molecule has 2 aromatic rings. The number of aryl methyl sites for hydroxylation is 3. The summed E-state index contributed by atoms with van der Waals surface area (Å²) in [5.41, 5.74) is 13.0. The van der Waals surface area contributed by atoms with Crippen LogP contribution in [0.4, 0.5) is 17.1 Å². The topological polar surface area (TPSA) is 38.0 Å². The molecule has 0 aromatic heterocycles.